The van der Waals surface area contributed by atoms with Gasteiger partial charge in [-0.05, 0) is 40.5 Å². The highest BCUT2D eigenvalue weighted by atomic mass is 79.9. The van der Waals surface area contributed by atoms with Crippen LogP contribution in [0.3, 0.4) is 0 Å². The van der Waals surface area contributed by atoms with Gasteiger partial charge in [0.25, 0.3) is 0 Å². The van der Waals surface area contributed by atoms with Gasteiger partial charge in [0.15, 0.2) is 5.16 Å². The van der Waals surface area contributed by atoms with Crippen molar-refractivity contribution in [1.29, 1.82) is 5.26 Å². The van der Waals surface area contributed by atoms with Gasteiger partial charge in [0, 0.05) is 16.4 Å². The number of rotatable bonds is 5. The number of nitrogens with zero attached hydrogens (tertiary/aromatic N) is 3. The van der Waals surface area contributed by atoms with E-state index in [1.54, 1.807) is 18.3 Å². The summed E-state index contributed by atoms with van der Waals surface area (Å²) in [5.41, 5.74) is 2.38. The largest absolute Gasteiger partial charge is 0.481 e. The van der Waals surface area contributed by atoms with Gasteiger partial charge in [0.1, 0.15) is 0 Å². The number of nitriles is 1. The number of carboxylic acid groups (broad SMARTS) is 1. The molecule has 0 atom stereocenters. The van der Waals surface area contributed by atoms with Gasteiger partial charge in [-0.1, -0.05) is 18.7 Å². The zero-order valence-electron chi connectivity index (χ0n) is 11.2. The van der Waals surface area contributed by atoms with Crippen molar-refractivity contribution in [3.8, 4) is 11.8 Å². The monoisotopic (exact) mass is 365 g/mol. The number of imidazole rings is 1. The number of benzene rings is 1. The summed E-state index contributed by atoms with van der Waals surface area (Å²) in [6, 6.07) is 7.38. The van der Waals surface area contributed by atoms with Gasteiger partial charge < -0.3 is 5.11 Å². The third kappa shape index (κ3) is 3.46. The SMILES string of the molecule is CCc1cnc(SCC(=O)O)n1-c1ccc(C#N)cc1Br. The molecule has 0 aliphatic rings. The van der Waals surface area contributed by atoms with Crippen molar-refractivity contribution in [2.75, 3.05) is 5.75 Å². The van der Waals surface area contributed by atoms with Crippen LogP contribution in [0.5, 0.6) is 0 Å². The summed E-state index contributed by atoms with van der Waals surface area (Å²) in [6.07, 6.45) is 2.52. The maximum atomic E-state index is 10.7. The molecule has 0 bridgehead atoms. The van der Waals surface area contributed by atoms with Gasteiger partial charge in [-0.2, -0.15) is 5.26 Å². The Morgan fingerprint density at radius 1 is 1.57 bits per heavy atom. The van der Waals surface area contributed by atoms with Gasteiger partial charge in [0.2, 0.25) is 0 Å². The van der Waals surface area contributed by atoms with E-state index in [0.29, 0.717) is 10.7 Å². The first-order valence-corrected chi connectivity index (χ1v) is 7.96. The van der Waals surface area contributed by atoms with Crippen molar-refractivity contribution < 1.29 is 9.90 Å². The lowest BCUT2D eigenvalue weighted by molar-refractivity contribution is -0.133. The average Bonchev–Trinajstić information content (AvgIpc) is 2.87. The van der Waals surface area contributed by atoms with Crippen LogP contribution in [0.4, 0.5) is 0 Å². The Kier molecular flexibility index (Phi) is 5.04. The number of hydrogen-bond donors (Lipinski definition) is 1. The molecular formula is C14H12BrN3O2S. The van der Waals surface area contributed by atoms with Gasteiger partial charge in [0.05, 0.1) is 23.1 Å². The summed E-state index contributed by atoms with van der Waals surface area (Å²) in [7, 11) is 0. The van der Waals surface area contributed by atoms with E-state index in [2.05, 4.69) is 27.0 Å². The van der Waals surface area contributed by atoms with Crippen LogP contribution in [0, 0.1) is 11.3 Å². The average molecular weight is 366 g/mol. The molecule has 2 rings (SSSR count). The molecule has 0 saturated heterocycles. The third-order valence-electron chi connectivity index (χ3n) is 2.81. The van der Waals surface area contributed by atoms with Crippen molar-refractivity contribution in [3.63, 3.8) is 0 Å². The van der Waals surface area contributed by atoms with Crippen LogP contribution in [0.25, 0.3) is 5.69 Å². The first-order chi connectivity index (χ1) is 10.1. The Morgan fingerprint density at radius 2 is 2.33 bits per heavy atom. The lowest BCUT2D eigenvalue weighted by Gasteiger charge is -2.12. The van der Waals surface area contributed by atoms with Crippen LogP contribution in [0.15, 0.2) is 34.0 Å². The summed E-state index contributed by atoms with van der Waals surface area (Å²) in [4.78, 5) is 15.0. The van der Waals surface area contributed by atoms with Crippen LogP contribution in [0.2, 0.25) is 0 Å². The van der Waals surface area contributed by atoms with Crippen LogP contribution in [0.1, 0.15) is 18.2 Å². The molecule has 0 radical (unpaired) electrons. The molecule has 7 heteroatoms. The van der Waals surface area contributed by atoms with E-state index in [-0.39, 0.29) is 5.75 Å². The van der Waals surface area contributed by atoms with Crippen LogP contribution in [-0.2, 0) is 11.2 Å². The summed E-state index contributed by atoms with van der Waals surface area (Å²) in [5, 5.41) is 18.4. The predicted octanol–water partition coefficient (Wildman–Crippen LogP) is 3.25. The van der Waals surface area contributed by atoms with Gasteiger partial charge >= 0.3 is 5.97 Å². The minimum Gasteiger partial charge on any atom is -0.481 e. The van der Waals surface area contributed by atoms with Crippen molar-refractivity contribution in [2.24, 2.45) is 0 Å². The Labute approximate surface area is 134 Å². The molecule has 0 saturated carbocycles. The van der Waals surface area contributed by atoms with Crippen molar-refractivity contribution in [2.45, 2.75) is 18.5 Å². The summed E-state index contributed by atoms with van der Waals surface area (Å²) in [5.74, 6) is -0.930. The second-order valence-electron chi connectivity index (χ2n) is 4.18. The maximum absolute atomic E-state index is 10.7. The molecule has 1 aromatic heterocycles. The molecule has 1 heterocycles. The molecular weight excluding hydrogens is 354 g/mol. The number of hydrogen-bond acceptors (Lipinski definition) is 4. The molecule has 5 nitrogen and oxygen atoms in total. The summed E-state index contributed by atoms with van der Waals surface area (Å²) >= 11 is 4.63. The number of carboxylic acids is 1. The first-order valence-electron chi connectivity index (χ1n) is 6.18. The predicted molar refractivity (Wildman–Crippen MR) is 83.7 cm³/mol. The molecule has 2 aromatic rings. The number of halogens is 1. The quantitative estimate of drug-likeness (QED) is 0.822. The lowest BCUT2D eigenvalue weighted by Crippen LogP contribution is -2.05. The second-order valence-corrected chi connectivity index (χ2v) is 5.98. The zero-order chi connectivity index (χ0) is 15.4. The molecule has 21 heavy (non-hydrogen) atoms. The van der Waals surface area contributed by atoms with Crippen LogP contribution in [-0.4, -0.2) is 26.4 Å². The van der Waals surface area contributed by atoms with Crippen LogP contribution < -0.4 is 0 Å². The van der Waals surface area contributed by atoms with E-state index < -0.39 is 5.97 Å². The Hall–Kier alpha value is -1.78. The highest BCUT2D eigenvalue weighted by Crippen LogP contribution is 2.29. The molecule has 1 N–H and O–H groups in total. The second kappa shape index (κ2) is 6.78. The number of carbonyl (C=O) groups is 1. The molecule has 0 unspecified atom stereocenters. The fraction of sp³-hybridized carbons (Fsp3) is 0.214. The summed E-state index contributed by atoms with van der Waals surface area (Å²) < 4.78 is 2.69. The molecule has 0 fully saturated rings. The molecule has 0 aliphatic carbocycles. The van der Waals surface area contributed by atoms with E-state index in [1.165, 1.54) is 11.8 Å². The topological polar surface area (TPSA) is 78.9 Å². The standard InChI is InChI=1S/C14H12BrN3O2S/c1-2-10-7-17-14(21-8-13(19)20)18(10)12-4-3-9(6-16)5-11(12)15/h3-5,7H,2,8H2,1H3,(H,19,20). The van der Waals surface area contributed by atoms with Crippen molar-refractivity contribution >= 4 is 33.7 Å². The number of aromatic nitrogens is 2. The van der Waals surface area contributed by atoms with E-state index in [4.69, 9.17) is 10.4 Å². The van der Waals surface area contributed by atoms with Crippen molar-refractivity contribution in [3.05, 3.63) is 40.1 Å². The Morgan fingerprint density at radius 3 is 2.90 bits per heavy atom. The zero-order valence-corrected chi connectivity index (χ0v) is 13.6. The van der Waals surface area contributed by atoms with Gasteiger partial charge in [-0.15, -0.1) is 0 Å². The van der Waals surface area contributed by atoms with Gasteiger partial charge in [-0.3, -0.25) is 9.36 Å². The van der Waals surface area contributed by atoms with E-state index in [9.17, 15) is 4.79 Å². The highest BCUT2D eigenvalue weighted by Gasteiger charge is 2.15. The highest BCUT2D eigenvalue weighted by molar-refractivity contribution is 9.10. The van der Waals surface area contributed by atoms with E-state index in [1.807, 2.05) is 17.6 Å². The summed E-state index contributed by atoms with van der Waals surface area (Å²) in [6.45, 7) is 2.01. The fourth-order valence-electron chi connectivity index (χ4n) is 1.86. The minimum atomic E-state index is -0.883. The number of aliphatic carboxylic acids is 1. The molecule has 0 aliphatic heterocycles. The molecule has 0 spiro atoms. The smallest absolute Gasteiger partial charge is 0.313 e. The number of thioether (sulfide) groups is 1. The Balaban J connectivity index is 2.49. The normalized spacial score (nSPS) is 10.3. The third-order valence-corrected chi connectivity index (χ3v) is 4.38. The lowest BCUT2D eigenvalue weighted by atomic mass is 10.2. The maximum Gasteiger partial charge on any atom is 0.313 e. The minimum absolute atomic E-state index is 0.0476. The van der Waals surface area contributed by atoms with E-state index in [0.717, 1.165) is 22.3 Å². The molecule has 0 amide bonds. The van der Waals surface area contributed by atoms with Crippen molar-refractivity contribution in [1.82, 2.24) is 9.55 Å². The number of aryl methyl sites for hydroxylation is 1. The van der Waals surface area contributed by atoms with E-state index >= 15 is 0 Å². The molecule has 108 valence electrons. The molecule has 1 aromatic carbocycles. The first kappa shape index (κ1) is 15.6. The van der Waals surface area contributed by atoms with Crippen LogP contribution >= 0.6 is 27.7 Å². The fourth-order valence-corrected chi connectivity index (χ4v) is 3.14. The van der Waals surface area contributed by atoms with Gasteiger partial charge in [-0.25, -0.2) is 4.98 Å². The Bertz CT molecular complexity index is 721.